The van der Waals surface area contributed by atoms with Gasteiger partial charge in [-0.05, 0) is 68.2 Å². The zero-order chi connectivity index (χ0) is 12.5. The van der Waals surface area contributed by atoms with E-state index in [1.54, 1.807) is 0 Å². The average Bonchev–Trinajstić information content (AvgIpc) is 2.29. The van der Waals surface area contributed by atoms with Gasteiger partial charge in [-0.25, -0.2) is 0 Å². The Morgan fingerprint density at radius 3 is 2.29 bits per heavy atom. The number of aliphatic hydroxyl groups excluding tert-OH is 1. The summed E-state index contributed by atoms with van der Waals surface area (Å²) in [5, 5.41) is 9.70. The third-order valence-corrected chi connectivity index (χ3v) is 5.43. The summed E-state index contributed by atoms with van der Waals surface area (Å²) < 4.78 is 0. The smallest absolute Gasteiger partial charge is 0.0540 e. The monoisotopic (exact) mass is 239 g/mol. The Kier molecular flexibility index (Phi) is 3.84. The molecule has 0 aromatic heterocycles. The quantitative estimate of drug-likeness (QED) is 0.778. The maximum atomic E-state index is 9.70. The molecule has 0 aliphatic heterocycles. The molecule has 2 saturated carbocycles. The fourth-order valence-electron chi connectivity index (χ4n) is 4.18. The SMILES string of the molecule is CC1(C)CCCC(C2(CN)CCC(O)CC2)C1. The first-order valence-corrected chi connectivity index (χ1v) is 7.36. The molecular formula is C15H29NO. The summed E-state index contributed by atoms with van der Waals surface area (Å²) in [4.78, 5) is 0. The largest absolute Gasteiger partial charge is 0.393 e. The summed E-state index contributed by atoms with van der Waals surface area (Å²) in [5.74, 6) is 0.795. The first-order chi connectivity index (χ1) is 7.97. The molecule has 2 nitrogen and oxygen atoms in total. The molecule has 2 aliphatic rings. The summed E-state index contributed by atoms with van der Waals surface area (Å²) >= 11 is 0. The molecule has 1 unspecified atom stereocenters. The first-order valence-electron chi connectivity index (χ1n) is 7.36. The topological polar surface area (TPSA) is 46.2 Å². The van der Waals surface area contributed by atoms with Crippen LogP contribution in [0, 0.1) is 16.7 Å². The van der Waals surface area contributed by atoms with E-state index in [1.807, 2.05) is 0 Å². The predicted octanol–water partition coefficient (Wildman–Crippen LogP) is 3.08. The van der Waals surface area contributed by atoms with Crippen LogP contribution in [0.1, 0.15) is 65.2 Å². The molecule has 2 fully saturated rings. The summed E-state index contributed by atoms with van der Waals surface area (Å²) in [6, 6.07) is 0. The van der Waals surface area contributed by atoms with Crippen molar-refractivity contribution in [1.29, 1.82) is 0 Å². The van der Waals surface area contributed by atoms with Gasteiger partial charge in [0.25, 0.3) is 0 Å². The zero-order valence-electron chi connectivity index (χ0n) is 11.5. The van der Waals surface area contributed by atoms with Crippen LogP contribution in [0.2, 0.25) is 0 Å². The lowest BCUT2D eigenvalue weighted by Gasteiger charge is -2.49. The van der Waals surface area contributed by atoms with Gasteiger partial charge in [-0.1, -0.05) is 20.3 Å². The zero-order valence-corrected chi connectivity index (χ0v) is 11.5. The Labute approximate surface area is 106 Å². The van der Waals surface area contributed by atoms with E-state index >= 15 is 0 Å². The molecular weight excluding hydrogens is 210 g/mol. The van der Waals surface area contributed by atoms with Crippen LogP contribution >= 0.6 is 0 Å². The Bertz CT molecular complexity index is 254. The minimum absolute atomic E-state index is 0.0636. The van der Waals surface area contributed by atoms with Crippen molar-refractivity contribution < 1.29 is 5.11 Å². The van der Waals surface area contributed by atoms with E-state index in [1.165, 1.54) is 25.7 Å². The minimum atomic E-state index is -0.0636. The van der Waals surface area contributed by atoms with E-state index in [9.17, 15) is 5.11 Å². The van der Waals surface area contributed by atoms with E-state index < -0.39 is 0 Å². The predicted molar refractivity (Wildman–Crippen MR) is 71.7 cm³/mol. The van der Waals surface area contributed by atoms with Crippen molar-refractivity contribution in [2.45, 2.75) is 71.3 Å². The van der Waals surface area contributed by atoms with Gasteiger partial charge in [0.05, 0.1) is 6.10 Å². The minimum Gasteiger partial charge on any atom is -0.393 e. The van der Waals surface area contributed by atoms with Crippen molar-refractivity contribution in [3.8, 4) is 0 Å². The molecule has 2 heteroatoms. The van der Waals surface area contributed by atoms with Crippen LogP contribution in [0.15, 0.2) is 0 Å². The summed E-state index contributed by atoms with van der Waals surface area (Å²) in [6.07, 6.45) is 9.58. The van der Waals surface area contributed by atoms with Crippen LogP contribution in [-0.2, 0) is 0 Å². The molecule has 0 heterocycles. The van der Waals surface area contributed by atoms with Gasteiger partial charge in [0.1, 0.15) is 0 Å². The number of rotatable bonds is 2. The molecule has 0 amide bonds. The molecule has 0 radical (unpaired) electrons. The molecule has 3 N–H and O–H groups in total. The highest BCUT2D eigenvalue weighted by atomic mass is 16.3. The van der Waals surface area contributed by atoms with Crippen LogP contribution in [0.25, 0.3) is 0 Å². The van der Waals surface area contributed by atoms with Crippen molar-refractivity contribution in [2.75, 3.05) is 6.54 Å². The number of hydrogen-bond donors (Lipinski definition) is 2. The molecule has 1 atom stereocenters. The van der Waals surface area contributed by atoms with Crippen molar-refractivity contribution >= 4 is 0 Å². The van der Waals surface area contributed by atoms with Crippen LogP contribution < -0.4 is 5.73 Å². The van der Waals surface area contributed by atoms with Crippen molar-refractivity contribution in [3.05, 3.63) is 0 Å². The molecule has 0 aromatic carbocycles. The van der Waals surface area contributed by atoms with Gasteiger partial charge >= 0.3 is 0 Å². The number of aliphatic hydroxyl groups is 1. The molecule has 0 bridgehead atoms. The highest BCUT2D eigenvalue weighted by molar-refractivity contribution is 4.95. The van der Waals surface area contributed by atoms with E-state index in [2.05, 4.69) is 13.8 Å². The third kappa shape index (κ3) is 2.85. The number of nitrogens with two attached hydrogens (primary N) is 1. The number of hydrogen-bond acceptors (Lipinski definition) is 2. The Morgan fingerprint density at radius 1 is 1.12 bits per heavy atom. The fraction of sp³-hybridized carbons (Fsp3) is 1.00. The molecule has 17 heavy (non-hydrogen) atoms. The van der Waals surface area contributed by atoms with Crippen LogP contribution in [0.3, 0.4) is 0 Å². The maximum absolute atomic E-state index is 9.70. The lowest BCUT2D eigenvalue weighted by atomic mass is 9.57. The van der Waals surface area contributed by atoms with Gasteiger partial charge in [-0.2, -0.15) is 0 Å². The summed E-state index contributed by atoms with van der Waals surface area (Å²) in [6.45, 7) is 5.63. The van der Waals surface area contributed by atoms with Crippen molar-refractivity contribution in [2.24, 2.45) is 22.5 Å². The third-order valence-electron chi connectivity index (χ3n) is 5.43. The fourth-order valence-corrected chi connectivity index (χ4v) is 4.18. The van der Waals surface area contributed by atoms with Gasteiger partial charge in [-0.15, -0.1) is 0 Å². The molecule has 2 aliphatic carbocycles. The van der Waals surface area contributed by atoms with E-state index in [0.717, 1.165) is 38.1 Å². The average molecular weight is 239 g/mol. The highest BCUT2D eigenvalue weighted by Gasteiger charge is 2.43. The van der Waals surface area contributed by atoms with Gasteiger partial charge in [-0.3, -0.25) is 0 Å². The first kappa shape index (κ1) is 13.4. The maximum Gasteiger partial charge on any atom is 0.0540 e. The van der Waals surface area contributed by atoms with Crippen LogP contribution in [0.4, 0.5) is 0 Å². The van der Waals surface area contributed by atoms with Crippen LogP contribution in [-0.4, -0.2) is 17.8 Å². The van der Waals surface area contributed by atoms with E-state index in [-0.39, 0.29) is 6.10 Å². The molecule has 0 spiro atoms. The van der Waals surface area contributed by atoms with Gasteiger partial charge in [0.2, 0.25) is 0 Å². The molecule has 0 saturated heterocycles. The van der Waals surface area contributed by atoms with Gasteiger partial charge in [0, 0.05) is 0 Å². The normalized spacial score (nSPS) is 42.4. The van der Waals surface area contributed by atoms with Crippen molar-refractivity contribution in [3.63, 3.8) is 0 Å². The molecule has 0 aromatic rings. The van der Waals surface area contributed by atoms with E-state index in [4.69, 9.17) is 5.73 Å². The Morgan fingerprint density at radius 2 is 1.76 bits per heavy atom. The Balaban J connectivity index is 2.07. The summed E-state index contributed by atoms with van der Waals surface area (Å²) in [5.41, 5.74) is 6.97. The Hall–Kier alpha value is -0.0800. The molecule has 2 rings (SSSR count). The summed E-state index contributed by atoms with van der Waals surface area (Å²) in [7, 11) is 0. The lowest BCUT2D eigenvalue weighted by molar-refractivity contribution is -0.00430. The second kappa shape index (κ2) is 4.89. The second-order valence-electron chi connectivity index (χ2n) is 7.26. The van der Waals surface area contributed by atoms with Crippen LogP contribution in [0.5, 0.6) is 0 Å². The lowest BCUT2D eigenvalue weighted by Crippen LogP contribution is -2.45. The standard InChI is InChI=1S/C15H29NO/c1-14(2)7-3-4-12(10-14)15(11-16)8-5-13(17)6-9-15/h12-13,17H,3-11,16H2,1-2H3. The molecule has 100 valence electrons. The van der Waals surface area contributed by atoms with Gasteiger partial charge in [0.15, 0.2) is 0 Å². The highest BCUT2D eigenvalue weighted by Crippen LogP contribution is 2.51. The second-order valence-corrected chi connectivity index (χ2v) is 7.26. The van der Waals surface area contributed by atoms with Gasteiger partial charge < -0.3 is 10.8 Å². The van der Waals surface area contributed by atoms with E-state index in [0.29, 0.717) is 10.8 Å². The van der Waals surface area contributed by atoms with Crippen molar-refractivity contribution in [1.82, 2.24) is 0 Å².